The minimum atomic E-state index is -0.147. The Balaban J connectivity index is 1.51. The number of para-hydroxylation sites is 1. The quantitative estimate of drug-likeness (QED) is 0.592. The molecule has 2 aromatic rings. The van der Waals surface area contributed by atoms with Crippen molar-refractivity contribution >= 4 is 17.5 Å². The zero-order valence-electron chi connectivity index (χ0n) is 19.5. The largest absolute Gasteiger partial charge is 0.352 e. The van der Waals surface area contributed by atoms with Gasteiger partial charge in [-0.05, 0) is 48.6 Å². The summed E-state index contributed by atoms with van der Waals surface area (Å²) in [5.41, 5.74) is 3.11. The summed E-state index contributed by atoms with van der Waals surface area (Å²) in [4.78, 5) is 29.3. The molecule has 33 heavy (non-hydrogen) atoms. The van der Waals surface area contributed by atoms with E-state index in [1.807, 2.05) is 42.5 Å². The van der Waals surface area contributed by atoms with E-state index in [1.54, 1.807) is 4.90 Å². The molecule has 0 bridgehead atoms. The van der Waals surface area contributed by atoms with Crippen molar-refractivity contribution in [3.63, 3.8) is 0 Å². The molecule has 0 aliphatic carbocycles. The highest BCUT2D eigenvalue weighted by Gasteiger charge is 2.18. The molecule has 2 aromatic carbocycles. The van der Waals surface area contributed by atoms with Crippen LogP contribution in [0.1, 0.15) is 50.2 Å². The maximum atomic E-state index is 12.8. The van der Waals surface area contributed by atoms with Crippen LogP contribution in [0.4, 0.5) is 5.69 Å². The SMILES string of the molecule is CC1CCCN(Cc2ccccc2CNC(=O)CCC(=O)N(CCC#N)c2ccccc2)C1. The number of piperidine rings is 1. The molecule has 0 aromatic heterocycles. The predicted octanol–water partition coefficient (Wildman–Crippen LogP) is 4.26. The van der Waals surface area contributed by atoms with Gasteiger partial charge in [0.05, 0.1) is 12.5 Å². The molecule has 1 aliphatic rings. The summed E-state index contributed by atoms with van der Waals surface area (Å²) in [7, 11) is 0. The Bertz CT molecular complexity index is 954. The minimum absolute atomic E-state index is 0.111. The molecule has 174 valence electrons. The average molecular weight is 447 g/mol. The summed E-state index contributed by atoms with van der Waals surface area (Å²) in [6.45, 7) is 6.23. The number of rotatable bonds is 10. The highest BCUT2D eigenvalue weighted by Crippen LogP contribution is 2.20. The molecule has 1 atom stereocenters. The fraction of sp³-hybridized carbons (Fsp3) is 0.444. The van der Waals surface area contributed by atoms with Gasteiger partial charge in [-0.3, -0.25) is 14.5 Å². The molecule has 0 spiro atoms. The van der Waals surface area contributed by atoms with Gasteiger partial charge >= 0.3 is 0 Å². The van der Waals surface area contributed by atoms with Gasteiger partial charge < -0.3 is 10.2 Å². The van der Waals surface area contributed by atoms with Gasteiger partial charge in [-0.25, -0.2) is 0 Å². The fourth-order valence-corrected chi connectivity index (χ4v) is 4.36. The van der Waals surface area contributed by atoms with Gasteiger partial charge in [-0.1, -0.05) is 49.4 Å². The Morgan fingerprint density at radius 3 is 2.55 bits per heavy atom. The lowest BCUT2D eigenvalue weighted by atomic mass is 9.99. The predicted molar refractivity (Wildman–Crippen MR) is 130 cm³/mol. The van der Waals surface area contributed by atoms with Crippen LogP contribution in [0, 0.1) is 17.2 Å². The molecule has 1 aliphatic heterocycles. The molecule has 1 heterocycles. The zero-order valence-corrected chi connectivity index (χ0v) is 19.5. The number of likely N-dealkylation sites (tertiary alicyclic amines) is 1. The molecule has 1 fully saturated rings. The summed E-state index contributed by atoms with van der Waals surface area (Å²) >= 11 is 0. The van der Waals surface area contributed by atoms with Crippen molar-refractivity contribution in [1.29, 1.82) is 5.26 Å². The molecule has 3 rings (SSSR count). The second kappa shape index (κ2) is 12.8. The standard InChI is InChI=1S/C27H34N4O2/c1-22-9-7-17-30(20-22)21-24-11-6-5-10-23(24)19-29-26(32)14-15-27(33)31(18-8-16-28)25-12-3-2-4-13-25/h2-6,10-13,22H,7-9,14-15,17-21H2,1H3,(H,29,32). The normalized spacial score (nSPS) is 16.1. The third-order valence-corrected chi connectivity index (χ3v) is 6.11. The number of nitriles is 1. The first-order valence-electron chi connectivity index (χ1n) is 11.8. The van der Waals surface area contributed by atoms with Gasteiger partial charge in [-0.15, -0.1) is 0 Å². The van der Waals surface area contributed by atoms with E-state index in [0.29, 0.717) is 13.1 Å². The monoisotopic (exact) mass is 446 g/mol. The zero-order chi connectivity index (χ0) is 23.5. The van der Waals surface area contributed by atoms with Crippen LogP contribution in [0.15, 0.2) is 54.6 Å². The molecule has 1 N–H and O–H groups in total. The van der Waals surface area contributed by atoms with E-state index in [9.17, 15) is 9.59 Å². The molecule has 0 saturated carbocycles. The fourth-order valence-electron chi connectivity index (χ4n) is 4.36. The Hall–Kier alpha value is -3.17. The van der Waals surface area contributed by atoms with Crippen molar-refractivity contribution in [2.45, 2.75) is 52.1 Å². The smallest absolute Gasteiger partial charge is 0.227 e. The summed E-state index contributed by atoms with van der Waals surface area (Å²) in [6, 6.07) is 19.6. The first-order valence-corrected chi connectivity index (χ1v) is 11.8. The van der Waals surface area contributed by atoms with Crippen LogP contribution in [0.2, 0.25) is 0 Å². The summed E-state index contributed by atoms with van der Waals surface area (Å²) in [6.07, 6.45) is 3.02. The number of carbonyl (C=O) groups is 2. The van der Waals surface area contributed by atoms with Crippen LogP contribution in [0.25, 0.3) is 0 Å². The van der Waals surface area contributed by atoms with E-state index in [2.05, 4.69) is 35.3 Å². The Morgan fingerprint density at radius 1 is 1.09 bits per heavy atom. The Labute approximate surface area is 197 Å². The van der Waals surface area contributed by atoms with Crippen molar-refractivity contribution in [3.8, 4) is 6.07 Å². The first kappa shape index (κ1) is 24.5. The number of hydrogen-bond donors (Lipinski definition) is 1. The van der Waals surface area contributed by atoms with Crippen molar-refractivity contribution in [3.05, 3.63) is 65.7 Å². The van der Waals surface area contributed by atoms with Gasteiger partial charge in [0, 0.05) is 44.7 Å². The average Bonchev–Trinajstić information content (AvgIpc) is 2.83. The van der Waals surface area contributed by atoms with Crippen molar-refractivity contribution < 1.29 is 9.59 Å². The molecule has 6 heteroatoms. The van der Waals surface area contributed by atoms with Crippen LogP contribution in [0.3, 0.4) is 0 Å². The Kier molecular flexibility index (Phi) is 9.46. The number of amides is 2. The number of carbonyl (C=O) groups excluding carboxylic acids is 2. The van der Waals surface area contributed by atoms with Gasteiger partial charge in [0.25, 0.3) is 0 Å². The topological polar surface area (TPSA) is 76.4 Å². The lowest BCUT2D eigenvalue weighted by Gasteiger charge is -2.31. The van der Waals surface area contributed by atoms with Crippen molar-refractivity contribution in [2.24, 2.45) is 5.92 Å². The first-order chi connectivity index (χ1) is 16.1. The minimum Gasteiger partial charge on any atom is -0.352 e. The molecule has 1 unspecified atom stereocenters. The number of hydrogen-bond acceptors (Lipinski definition) is 4. The third-order valence-electron chi connectivity index (χ3n) is 6.11. The van der Waals surface area contributed by atoms with Gasteiger partial charge in [0.2, 0.25) is 11.8 Å². The van der Waals surface area contributed by atoms with Crippen LogP contribution in [0.5, 0.6) is 0 Å². The highest BCUT2D eigenvalue weighted by atomic mass is 16.2. The van der Waals surface area contributed by atoms with Gasteiger partial charge in [0.15, 0.2) is 0 Å². The molecule has 2 amide bonds. The van der Waals surface area contributed by atoms with Crippen molar-refractivity contribution in [2.75, 3.05) is 24.5 Å². The molecule has 1 saturated heterocycles. The van der Waals surface area contributed by atoms with Gasteiger partial charge in [0.1, 0.15) is 0 Å². The van der Waals surface area contributed by atoms with Crippen LogP contribution >= 0.6 is 0 Å². The second-order valence-electron chi connectivity index (χ2n) is 8.82. The molecule has 0 radical (unpaired) electrons. The number of benzene rings is 2. The summed E-state index contributed by atoms with van der Waals surface area (Å²) in [5, 5.41) is 11.9. The summed E-state index contributed by atoms with van der Waals surface area (Å²) < 4.78 is 0. The van der Waals surface area contributed by atoms with Crippen LogP contribution < -0.4 is 10.2 Å². The van der Waals surface area contributed by atoms with Crippen LogP contribution in [-0.2, 0) is 22.7 Å². The van der Waals surface area contributed by atoms with E-state index >= 15 is 0 Å². The lowest BCUT2D eigenvalue weighted by molar-refractivity contribution is -0.125. The summed E-state index contributed by atoms with van der Waals surface area (Å²) in [5.74, 6) is 0.441. The Morgan fingerprint density at radius 2 is 1.82 bits per heavy atom. The maximum absolute atomic E-state index is 12.8. The number of nitrogens with one attached hydrogen (secondary N) is 1. The van der Waals surface area contributed by atoms with Gasteiger partial charge in [-0.2, -0.15) is 5.26 Å². The maximum Gasteiger partial charge on any atom is 0.227 e. The number of anilines is 1. The highest BCUT2D eigenvalue weighted by molar-refractivity contribution is 5.95. The van der Waals surface area contributed by atoms with E-state index in [4.69, 9.17) is 5.26 Å². The second-order valence-corrected chi connectivity index (χ2v) is 8.82. The lowest BCUT2D eigenvalue weighted by Crippen LogP contribution is -2.34. The van der Waals surface area contributed by atoms with E-state index in [0.717, 1.165) is 36.8 Å². The van der Waals surface area contributed by atoms with Crippen molar-refractivity contribution in [1.82, 2.24) is 10.2 Å². The number of nitrogens with zero attached hydrogens (tertiary/aromatic N) is 3. The van der Waals surface area contributed by atoms with E-state index < -0.39 is 0 Å². The van der Waals surface area contributed by atoms with E-state index in [1.165, 1.54) is 18.4 Å². The molecular formula is C27H34N4O2. The molecular weight excluding hydrogens is 412 g/mol. The molecule has 6 nitrogen and oxygen atoms in total. The van der Waals surface area contributed by atoms with E-state index in [-0.39, 0.29) is 31.1 Å². The van der Waals surface area contributed by atoms with Crippen LogP contribution in [-0.4, -0.2) is 36.3 Å². The third kappa shape index (κ3) is 7.73.